The smallest absolute Gasteiger partial charge is 0.255 e. The van der Waals surface area contributed by atoms with Crippen molar-refractivity contribution in [1.82, 2.24) is 5.32 Å². The van der Waals surface area contributed by atoms with Crippen molar-refractivity contribution in [3.05, 3.63) is 63.7 Å². The van der Waals surface area contributed by atoms with Gasteiger partial charge in [0, 0.05) is 0 Å². The lowest BCUT2D eigenvalue weighted by molar-refractivity contribution is 0.0930. The molecule has 2 aromatic rings. The average molecular weight is 316 g/mol. The van der Waals surface area contributed by atoms with Crippen molar-refractivity contribution in [3.63, 3.8) is 0 Å². The topological polar surface area (TPSA) is 49.3 Å². The molecule has 1 aliphatic carbocycles. The fraction of sp³-hybridized carbons (Fsp3) is 0.278. The van der Waals surface area contributed by atoms with E-state index in [1.54, 1.807) is 18.2 Å². The summed E-state index contributed by atoms with van der Waals surface area (Å²) in [5.41, 5.74) is 3.99. The van der Waals surface area contributed by atoms with Crippen LogP contribution in [0.15, 0.2) is 36.4 Å². The Balaban J connectivity index is 1.87. The highest BCUT2D eigenvalue weighted by Crippen LogP contribution is 2.33. The monoisotopic (exact) mass is 315 g/mol. The molecule has 1 aliphatic rings. The van der Waals surface area contributed by atoms with Gasteiger partial charge >= 0.3 is 0 Å². The molecular weight excluding hydrogens is 298 g/mol. The quantitative estimate of drug-likeness (QED) is 0.874. The molecule has 0 heterocycles. The molecule has 0 aromatic heterocycles. The molecule has 0 radical (unpaired) electrons. The van der Waals surface area contributed by atoms with Gasteiger partial charge < -0.3 is 10.4 Å². The van der Waals surface area contributed by atoms with Gasteiger partial charge in [-0.15, -0.1) is 0 Å². The summed E-state index contributed by atoms with van der Waals surface area (Å²) in [4.78, 5) is 12.5. The van der Waals surface area contributed by atoms with Crippen molar-refractivity contribution in [1.29, 1.82) is 0 Å². The Morgan fingerprint density at radius 3 is 2.86 bits per heavy atom. The Morgan fingerprint density at radius 1 is 1.27 bits per heavy atom. The molecule has 0 spiro atoms. The van der Waals surface area contributed by atoms with Gasteiger partial charge in [-0.2, -0.15) is 0 Å². The van der Waals surface area contributed by atoms with Crippen LogP contribution in [0.3, 0.4) is 0 Å². The van der Waals surface area contributed by atoms with Crippen LogP contribution in [0, 0.1) is 6.92 Å². The predicted octanol–water partition coefficient (Wildman–Crippen LogP) is 4.16. The number of benzene rings is 2. The minimum Gasteiger partial charge on any atom is -0.506 e. The molecule has 0 aliphatic heterocycles. The molecule has 0 unspecified atom stereocenters. The lowest BCUT2D eigenvalue weighted by atomic mass is 9.85. The summed E-state index contributed by atoms with van der Waals surface area (Å²) in [5.74, 6) is -0.457. The zero-order chi connectivity index (χ0) is 15.7. The minimum atomic E-state index is -0.292. The van der Waals surface area contributed by atoms with E-state index in [0.29, 0.717) is 0 Å². The number of fused-ring (bicyclic) bond motifs is 1. The molecule has 2 aromatic carbocycles. The van der Waals surface area contributed by atoms with Gasteiger partial charge in [0.2, 0.25) is 0 Å². The first kappa shape index (κ1) is 14.9. The highest BCUT2D eigenvalue weighted by molar-refractivity contribution is 6.32. The Morgan fingerprint density at radius 2 is 2.05 bits per heavy atom. The van der Waals surface area contributed by atoms with E-state index in [-0.39, 0.29) is 28.3 Å². The SMILES string of the molecule is Cc1cccc2c1CCC[C@H]2NC(=O)c1cccc(Cl)c1O. The number of phenolic OH excluding ortho intramolecular Hbond substituents is 1. The third-order valence-electron chi connectivity index (χ3n) is 4.28. The number of hydrogen-bond acceptors (Lipinski definition) is 2. The van der Waals surface area contributed by atoms with E-state index < -0.39 is 0 Å². The predicted molar refractivity (Wildman–Crippen MR) is 87.4 cm³/mol. The Kier molecular flexibility index (Phi) is 4.08. The van der Waals surface area contributed by atoms with Gasteiger partial charge in [0.25, 0.3) is 5.91 Å². The minimum absolute atomic E-state index is 0.0190. The van der Waals surface area contributed by atoms with Crippen molar-refractivity contribution < 1.29 is 9.90 Å². The Hall–Kier alpha value is -2.00. The molecule has 0 saturated heterocycles. The van der Waals surface area contributed by atoms with Crippen molar-refractivity contribution in [2.24, 2.45) is 0 Å². The largest absolute Gasteiger partial charge is 0.506 e. The van der Waals surface area contributed by atoms with Crippen molar-refractivity contribution >= 4 is 17.5 Å². The van der Waals surface area contributed by atoms with E-state index in [2.05, 4.69) is 24.4 Å². The second-order valence-corrected chi connectivity index (χ2v) is 6.10. The third kappa shape index (κ3) is 2.69. The highest BCUT2D eigenvalue weighted by atomic mass is 35.5. The van der Waals surface area contributed by atoms with Crippen LogP contribution in [0.25, 0.3) is 0 Å². The number of amides is 1. The molecule has 3 nitrogen and oxygen atoms in total. The zero-order valence-electron chi connectivity index (χ0n) is 12.4. The maximum Gasteiger partial charge on any atom is 0.255 e. The number of halogens is 1. The fourth-order valence-electron chi connectivity index (χ4n) is 3.12. The summed E-state index contributed by atoms with van der Waals surface area (Å²) < 4.78 is 0. The second-order valence-electron chi connectivity index (χ2n) is 5.70. The Labute approximate surface area is 134 Å². The maximum atomic E-state index is 12.5. The molecule has 114 valence electrons. The summed E-state index contributed by atoms with van der Waals surface area (Å²) in [6.07, 6.45) is 3.00. The second kappa shape index (κ2) is 6.01. The van der Waals surface area contributed by atoms with Crippen LogP contribution in [-0.4, -0.2) is 11.0 Å². The van der Waals surface area contributed by atoms with Gasteiger partial charge in [0.15, 0.2) is 0 Å². The molecule has 1 amide bonds. The summed E-state index contributed by atoms with van der Waals surface area (Å²) in [7, 11) is 0. The van der Waals surface area contributed by atoms with Crippen LogP contribution in [0.2, 0.25) is 5.02 Å². The van der Waals surface area contributed by atoms with Crippen molar-refractivity contribution in [2.45, 2.75) is 32.2 Å². The molecule has 3 rings (SSSR count). The van der Waals surface area contributed by atoms with Gasteiger partial charge in [-0.1, -0.05) is 35.9 Å². The number of aryl methyl sites for hydroxylation is 1. The number of rotatable bonds is 2. The van der Waals surface area contributed by atoms with Crippen LogP contribution >= 0.6 is 11.6 Å². The lowest BCUT2D eigenvalue weighted by Gasteiger charge is -2.27. The highest BCUT2D eigenvalue weighted by Gasteiger charge is 2.24. The van der Waals surface area contributed by atoms with Crippen LogP contribution in [0.4, 0.5) is 0 Å². The summed E-state index contributed by atoms with van der Waals surface area (Å²) in [6, 6.07) is 11.0. The first-order chi connectivity index (χ1) is 10.6. The third-order valence-corrected chi connectivity index (χ3v) is 4.58. The van der Waals surface area contributed by atoms with E-state index in [1.807, 2.05) is 6.07 Å². The van der Waals surface area contributed by atoms with E-state index in [0.717, 1.165) is 19.3 Å². The maximum absolute atomic E-state index is 12.5. The summed E-state index contributed by atoms with van der Waals surface area (Å²) in [6.45, 7) is 2.10. The first-order valence-electron chi connectivity index (χ1n) is 7.44. The average Bonchev–Trinajstić information content (AvgIpc) is 2.51. The zero-order valence-corrected chi connectivity index (χ0v) is 13.2. The Bertz CT molecular complexity index is 727. The van der Waals surface area contributed by atoms with E-state index >= 15 is 0 Å². The lowest BCUT2D eigenvalue weighted by Crippen LogP contribution is -2.31. The standard InChI is InChI=1S/C18H18ClNO2/c1-11-5-2-7-13-12(11)6-4-10-16(13)20-18(22)14-8-3-9-15(19)17(14)21/h2-3,5,7-9,16,21H,4,6,10H2,1H3,(H,20,22)/t16-/m1/s1. The van der Waals surface area contributed by atoms with Gasteiger partial charge in [0.05, 0.1) is 16.6 Å². The normalized spacial score (nSPS) is 16.9. The molecule has 4 heteroatoms. The molecule has 0 saturated carbocycles. The molecule has 0 bridgehead atoms. The van der Waals surface area contributed by atoms with E-state index in [9.17, 15) is 9.90 Å². The van der Waals surface area contributed by atoms with Crippen LogP contribution in [0.1, 0.15) is 45.9 Å². The van der Waals surface area contributed by atoms with Crippen LogP contribution in [0.5, 0.6) is 5.75 Å². The number of aromatic hydroxyl groups is 1. The van der Waals surface area contributed by atoms with Crippen molar-refractivity contribution in [2.75, 3.05) is 0 Å². The van der Waals surface area contributed by atoms with Crippen LogP contribution < -0.4 is 5.32 Å². The number of nitrogens with one attached hydrogen (secondary N) is 1. The molecule has 1 atom stereocenters. The number of para-hydroxylation sites is 1. The molecule has 2 N–H and O–H groups in total. The van der Waals surface area contributed by atoms with Crippen molar-refractivity contribution in [3.8, 4) is 5.75 Å². The number of carbonyl (C=O) groups is 1. The number of phenols is 1. The number of carbonyl (C=O) groups excluding carboxylic acids is 1. The molecule has 22 heavy (non-hydrogen) atoms. The van der Waals surface area contributed by atoms with Gasteiger partial charge in [0.1, 0.15) is 5.75 Å². The fourth-order valence-corrected chi connectivity index (χ4v) is 3.29. The first-order valence-corrected chi connectivity index (χ1v) is 7.82. The molecule has 0 fully saturated rings. The van der Waals surface area contributed by atoms with E-state index in [1.165, 1.54) is 16.7 Å². The van der Waals surface area contributed by atoms with Crippen LogP contribution in [-0.2, 0) is 6.42 Å². The molecular formula is C18H18ClNO2. The van der Waals surface area contributed by atoms with Gasteiger partial charge in [-0.05, 0) is 55.0 Å². The van der Waals surface area contributed by atoms with E-state index in [4.69, 9.17) is 11.6 Å². The summed E-state index contributed by atoms with van der Waals surface area (Å²) in [5, 5.41) is 13.2. The number of hydrogen-bond donors (Lipinski definition) is 2. The van der Waals surface area contributed by atoms with Gasteiger partial charge in [-0.3, -0.25) is 4.79 Å². The van der Waals surface area contributed by atoms with Gasteiger partial charge in [-0.25, -0.2) is 0 Å². The summed E-state index contributed by atoms with van der Waals surface area (Å²) >= 11 is 5.87.